The molecule has 0 radical (unpaired) electrons. The van der Waals surface area contributed by atoms with E-state index in [1.54, 1.807) is 0 Å². The van der Waals surface area contributed by atoms with Gasteiger partial charge in [-0.05, 0) is 31.6 Å². The zero-order valence-corrected chi connectivity index (χ0v) is 9.84. The SMILES string of the molecule is NC1(C(=O)NCCOCC2CC2)CCCC1. The van der Waals surface area contributed by atoms with Gasteiger partial charge in [-0.2, -0.15) is 0 Å². The van der Waals surface area contributed by atoms with Crippen molar-refractivity contribution in [3.63, 3.8) is 0 Å². The van der Waals surface area contributed by atoms with Gasteiger partial charge in [-0.25, -0.2) is 0 Å². The first-order valence-corrected chi connectivity index (χ1v) is 6.36. The van der Waals surface area contributed by atoms with Crippen molar-refractivity contribution < 1.29 is 9.53 Å². The van der Waals surface area contributed by atoms with Crippen LogP contribution in [0.5, 0.6) is 0 Å². The number of amides is 1. The summed E-state index contributed by atoms with van der Waals surface area (Å²) in [5.41, 5.74) is 5.42. The minimum atomic E-state index is -0.601. The number of hydrogen-bond donors (Lipinski definition) is 2. The lowest BCUT2D eigenvalue weighted by molar-refractivity contribution is -0.126. The monoisotopic (exact) mass is 226 g/mol. The molecule has 2 aliphatic carbocycles. The molecule has 0 aromatic heterocycles. The van der Waals surface area contributed by atoms with Crippen molar-refractivity contribution in [2.24, 2.45) is 11.7 Å². The maximum atomic E-state index is 11.8. The van der Waals surface area contributed by atoms with E-state index in [-0.39, 0.29) is 5.91 Å². The Morgan fingerprint density at radius 3 is 2.69 bits per heavy atom. The number of nitrogens with one attached hydrogen (secondary N) is 1. The van der Waals surface area contributed by atoms with Crippen LogP contribution in [-0.4, -0.2) is 31.2 Å². The molecule has 2 fully saturated rings. The highest BCUT2D eigenvalue weighted by Crippen LogP contribution is 2.28. The van der Waals surface area contributed by atoms with Gasteiger partial charge in [0.1, 0.15) is 0 Å². The van der Waals surface area contributed by atoms with Crippen LogP contribution >= 0.6 is 0 Å². The van der Waals surface area contributed by atoms with Crippen molar-refractivity contribution in [3.8, 4) is 0 Å². The second kappa shape index (κ2) is 5.15. The summed E-state index contributed by atoms with van der Waals surface area (Å²) < 4.78 is 5.45. The topological polar surface area (TPSA) is 64.4 Å². The second-order valence-corrected chi connectivity index (χ2v) is 5.14. The zero-order chi connectivity index (χ0) is 11.4. The summed E-state index contributed by atoms with van der Waals surface area (Å²) in [5, 5.41) is 2.87. The number of hydrogen-bond acceptors (Lipinski definition) is 3. The fraction of sp³-hybridized carbons (Fsp3) is 0.917. The van der Waals surface area contributed by atoms with Crippen molar-refractivity contribution >= 4 is 5.91 Å². The third kappa shape index (κ3) is 3.19. The molecule has 16 heavy (non-hydrogen) atoms. The molecule has 2 rings (SSSR count). The van der Waals surface area contributed by atoms with Crippen LogP contribution < -0.4 is 11.1 Å². The molecule has 0 spiro atoms. The smallest absolute Gasteiger partial charge is 0.240 e. The van der Waals surface area contributed by atoms with Crippen molar-refractivity contribution in [1.82, 2.24) is 5.32 Å². The van der Waals surface area contributed by atoms with E-state index in [0.717, 1.165) is 38.2 Å². The largest absolute Gasteiger partial charge is 0.379 e. The number of rotatable bonds is 6. The molecular weight excluding hydrogens is 204 g/mol. The summed E-state index contributed by atoms with van der Waals surface area (Å²) in [4.78, 5) is 11.8. The summed E-state index contributed by atoms with van der Waals surface area (Å²) in [5.74, 6) is 0.784. The fourth-order valence-corrected chi connectivity index (χ4v) is 2.18. The molecule has 92 valence electrons. The average Bonchev–Trinajstić information content (AvgIpc) is 2.99. The van der Waals surface area contributed by atoms with E-state index >= 15 is 0 Å². The van der Waals surface area contributed by atoms with Gasteiger partial charge in [0.15, 0.2) is 0 Å². The maximum Gasteiger partial charge on any atom is 0.240 e. The summed E-state index contributed by atoms with van der Waals surface area (Å²) in [6, 6.07) is 0. The first-order chi connectivity index (χ1) is 7.71. The summed E-state index contributed by atoms with van der Waals surface area (Å²) in [7, 11) is 0. The first-order valence-electron chi connectivity index (χ1n) is 6.36. The number of ether oxygens (including phenoxy) is 1. The number of carbonyl (C=O) groups is 1. The average molecular weight is 226 g/mol. The summed E-state index contributed by atoms with van der Waals surface area (Å²) in [6.07, 6.45) is 6.39. The zero-order valence-electron chi connectivity index (χ0n) is 9.84. The Bertz CT molecular complexity index is 245. The van der Waals surface area contributed by atoms with Crippen LogP contribution in [0.1, 0.15) is 38.5 Å². The van der Waals surface area contributed by atoms with E-state index < -0.39 is 5.54 Å². The predicted molar refractivity (Wildman–Crippen MR) is 61.9 cm³/mol. The maximum absolute atomic E-state index is 11.8. The van der Waals surface area contributed by atoms with E-state index in [1.165, 1.54) is 12.8 Å². The van der Waals surface area contributed by atoms with Gasteiger partial charge in [0.05, 0.1) is 12.1 Å². The fourth-order valence-electron chi connectivity index (χ4n) is 2.18. The summed E-state index contributed by atoms with van der Waals surface area (Å²) in [6.45, 7) is 2.05. The van der Waals surface area contributed by atoms with E-state index in [4.69, 9.17) is 10.5 Å². The first kappa shape index (κ1) is 11.9. The van der Waals surface area contributed by atoms with Crippen LogP contribution in [0.2, 0.25) is 0 Å². The van der Waals surface area contributed by atoms with Gasteiger partial charge in [-0.1, -0.05) is 12.8 Å². The molecule has 0 atom stereocenters. The van der Waals surface area contributed by atoms with E-state index in [0.29, 0.717) is 13.2 Å². The van der Waals surface area contributed by atoms with E-state index in [9.17, 15) is 4.79 Å². The van der Waals surface area contributed by atoms with E-state index in [1.807, 2.05) is 0 Å². The Morgan fingerprint density at radius 2 is 2.06 bits per heavy atom. The molecule has 1 amide bonds. The number of carbonyl (C=O) groups excluding carboxylic acids is 1. The molecule has 0 saturated heterocycles. The molecule has 2 saturated carbocycles. The predicted octanol–water partition coefficient (Wildman–Crippen LogP) is 0.801. The Balaban J connectivity index is 1.55. The van der Waals surface area contributed by atoms with Crippen molar-refractivity contribution in [1.29, 1.82) is 0 Å². The van der Waals surface area contributed by atoms with Crippen LogP contribution in [0, 0.1) is 5.92 Å². The normalized spacial score (nSPS) is 23.3. The Morgan fingerprint density at radius 1 is 1.38 bits per heavy atom. The van der Waals surface area contributed by atoms with Crippen molar-refractivity contribution in [3.05, 3.63) is 0 Å². The highest BCUT2D eigenvalue weighted by molar-refractivity contribution is 5.86. The minimum Gasteiger partial charge on any atom is -0.379 e. The van der Waals surface area contributed by atoms with Gasteiger partial charge < -0.3 is 15.8 Å². The lowest BCUT2D eigenvalue weighted by Crippen LogP contribution is -2.52. The Labute approximate surface area is 96.9 Å². The van der Waals surface area contributed by atoms with Crippen LogP contribution in [0.25, 0.3) is 0 Å². The second-order valence-electron chi connectivity index (χ2n) is 5.14. The molecular formula is C12H22N2O2. The molecule has 0 aromatic rings. The van der Waals surface area contributed by atoms with Gasteiger partial charge in [-0.3, -0.25) is 4.79 Å². The number of nitrogens with two attached hydrogens (primary N) is 1. The van der Waals surface area contributed by atoms with Crippen molar-refractivity contribution in [2.75, 3.05) is 19.8 Å². The minimum absolute atomic E-state index is 0.0000203. The van der Waals surface area contributed by atoms with E-state index in [2.05, 4.69) is 5.32 Å². The van der Waals surface area contributed by atoms with Crippen LogP contribution in [0.3, 0.4) is 0 Å². The standard InChI is InChI=1S/C12H22N2O2/c13-12(5-1-2-6-12)11(15)14-7-8-16-9-10-3-4-10/h10H,1-9,13H2,(H,14,15). The van der Waals surface area contributed by atoms with Gasteiger partial charge in [0, 0.05) is 13.2 Å². The van der Waals surface area contributed by atoms with Crippen LogP contribution in [0.4, 0.5) is 0 Å². The lowest BCUT2D eigenvalue weighted by Gasteiger charge is -2.22. The van der Waals surface area contributed by atoms with Gasteiger partial charge in [0.2, 0.25) is 5.91 Å². The molecule has 0 bridgehead atoms. The molecule has 0 heterocycles. The quantitative estimate of drug-likeness (QED) is 0.658. The highest BCUT2D eigenvalue weighted by atomic mass is 16.5. The molecule has 4 heteroatoms. The third-order valence-corrected chi connectivity index (χ3v) is 3.53. The molecule has 4 nitrogen and oxygen atoms in total. The van der Waals surface area contributed by atoms with Crippen molar-refractivity contribution in [2.45, 2.75) is 44.1 Å². The summed E-state index contributed by atoms with van der Waals surface area (Å²) >= 11 is 0. The molecule has 0 unspecified atom stereocenters. The van der Waals surface area contributed by atoms with Crippen LogP contribution in [-0.2, 0) is 9.53 Å². The molecule has 3 N–H and O–H groups in total. The Hall–Kier alpha value is -0.610. The Kier molecular flexibility index (Phi) is 3.82. The molecule has 0 aromatic carbocycles. The highest BCUT2D eigenvalue weighted by Gasteiger charge is 2.36. The molecule has 2 aliphatic rings. The third-order valence-electron chi connectivity index (χ3n) is 3.53. The van der Waals surface area contributed by atoms with Gasteiger partial charge >= 0.3 is 0 Å². The van der Waals surface area contributed by atoms with Gasteiger partial charge in [0.25, 0.3) is 0 Å². The van der Waals surface area contributed by atoms with Gasteiger partial charge in [-0.15, -0.1) is 0 Å². The molecule has 0 aliphatic heterocycles. The lowest BCUT2D eigenvalue weighted by atomic mass is 9.98. The van der Waals surface area contributed by atoms with Crippen LogP contribution in [0.15, 0.2) is 0 Å².